The minimum Gasteiger partial charge on any atom is -0.319 e. The first kappa shape index (κ1) is 13.5. The summed E-state index contributed by atoms with van der Waals surface area (Å²) in [6.07, 6.45) is 1.43. The summed E-state index contributed by atoms with van der Waals surface area (Å²) in [5.41, 5.74) is 0.528. The van der Waals surface area contributed by atoms with E-state index in [4.69, 9.17) is 16.7 Å². The van der Waals surface area contributed by atoms with E-state index in [1.165, 1.54) is 30.5 Å². The molecule has 100 valence electrons. The summed E-state index contributed by atoms with van der Waals surface area (Å²) in [6, 6.07) is 5.27. The number of hydrogen-bond acceptors (Lipinski definition) is 4. The van der Waals surface area contributed by atoms with Crippen molar-refractivity contribution in [2.45, 2.75) is 4.90 Å². The summed E-state index contributed by atoms with van der Waals surface area (Å²) in [5.74, 6) is -0.442. The van der Waals surface area contributed by atoms with E-state index in [1.54, 1.807) is 0 Å². The van der Waals surface area contributed by atoms with Crippen molar-refractivity contribution in [3.63, 3.8) is 0 Å². The standard InChI is InChI=1S/C10H9ClN4O3S/c11-7-5-6(19(12,17)18)1-2-8(7)14-10(16)9-3-4-13-15-9/h1-5H,(H,13,15)(H,14,16)(H2,12,17,18). The molecule has 1 aromatic carbocycles. The zero-order valence-electron chi connectivity index (χ0n) is 9.42. The molecule has 0 unspecified atom stereocenters. The Morgan fingerprint density at radius 3 is 2.63 bits per heavy atom. The number of benzene rings is 1. The van der Waals surface area contributed by atoms with Crippen LogP contribution in [0.4, 0.5) is 5.69 Å². The molecule has 0 saturated heterocycles. The number of nitrogens with two attached hydrogens (primary N) is 1. The van der Waals surface area contributed by atoms with Gasteiger partial charge in [0, 0.05) is 6.20 Å². The van der Waals surface area contributed by atoms with Crippen LogP contribution in [0.2, 0.25) is 5.02 Å². The summed E-state index contributed by atoms with van der Waals surface area (Å²) in [5, 5.41) is 13.7. The van der Waals surface area contributed by atoms with Gasteiger partial charge in [-0.05, 0) is 24.3 Å². The van der Waals surface area contributed by atoms with Crippen LogP contribution in [0.3, 0.4) is 0 Å². The molecule has 0 atom stereocenters. The maximum atomic E-state index is 11.7. The van der Waals surface area contributed by atoms with Crippen LogP contribution < -0.4 is 10.5 Å². The fourth-order valence-electron chi connectivity index (χ4n) is 1.35. The number of amides is 1. The lowest BCUT2D eigenvalue weighted by molar-refractivity contribution is 0.102. The number of carbonyl (C=O) groups excluding carboxylic acids is 1. The normalized spacial score (nSPS) is 11.3. The van der Waals surface area contributed by atoms with Crippen LogP contribution in [0.5, 0.6) is 0 Å². The molecule has 1 amide bonds. The highest BCUT2D eigenvalue weighted by atomic mass is 35.5. The van der Waals surface area contributed by atoms with Crippen molar-refractivity contribution in [2.75, 3.05) is 5.32 Å². The number of nitrogens with zero attached hydrogens (tertiary/aromatic N) is 1. The van der Waals surface area contributed by atoms with Crippen molar-refractivity contribution in [2.24, 2.45) is 5.14 Å². The predicted molar refractivity (Wildman–Crippen MR) is 69.4 cm³/mol. The van der Waals surface area contributed by atoms with Gasteiger partial charge in [-0.2, -0.15) is 5.10 Å². The van der Waals surface area contributed by atoms with Crippen LogP contribution in [0.1, 0.15) is 10.5 Å². The van der Waals surface area contributed by atoms with E-state index in [-0.39, 0.29) is 21.3 Å². The molecule has 0 aliphatic heterocycles. The Balaban J connectivity index is 2.25. The molecule has 2 aromatic rings. The maximum absolute atomic E-state index is 11.7. The molecule has 9 heteroatoms. The van der Waals surface area contributed by atoms with Gasteiger partial charge < -0.3 is 5.32 Å². The lowest BCUT2D eigenvalue weighted by Gasteiger charge is -2.07. The Morgan fingerprint density at radius 2 is 2.11 bits per heavy atom. The van der Waals surface area contributed by atoms with Crippen molar-refractivity contribution < 1.29 is 13.2 Å². The molecule has 2 rings (SSSR count). The molecule has 0 saturated carbocycles. The molecule has 0 aliphatic carbocycles. The molecule has 0 radical (unpaired) electrons. The highest BCUT2D eigenvalue weighted by Gasteiger charge is 2.13. The number of H-pyrrole nitrogens is 1. The van der Waals surface area contributed by atoms with Gasteiger partial charge in [-0.1, -0.05) is 11.6 Å². The van der Waals surface area contributed by atoms with Gasteiger partial charge in [-0.15, -0.1) is 0 Å². The molecule has 4 N–H and O–H groups in total. The van der Waals surface area contributed by atoms with Gasteiger partial charge >= 0.3 is 0 Å². The molecular weight excluding hydrogens is 292 g/mol. The number of anilines is 1. The number of carbonyl (C=O) groups is 1. The first-order valence-electron chi connectivity index (χ1n) is 5.01. The summed E-state index contributed by atoms with van der Waals surface area (Å²) in [7, 11) is -3.83. The van der Waals surface area contributed by atoms with Crippen LogP contribution >= 0.6 is 11.6 Å². The monoisotopic (exact) mass is 300 g/mol. The van der Waals surface area contributed by atoms with Gasteiger partial charge in [-0.25, -0.2) is 13.6 Å². The van der Waals surface area contributed by atoms with Gasteiger partial charge in [0.25, 0.3) is 5.91 Å². The summed E-state index contributed by atoms with van der Waals surface area (Å²) >= 11 is 5.88. The van der Waals surface area contributed by atoms with E-state index in [1.807, 2.05) is 0 Å². The van der Waals surface area contributed by atoms with Crippen LogP contribution in [0.25, 0.3) is 0 Å². The number of aromatic nitrogens is 2. The number of hydrogen-bond donors (Lipinski definition) is 3. The first-order valence-corrected chi connectivity index (χ1v) is 6.93. The smallest absolute Gasteiger partial charge is 0.273 e. The number of nitrogens with one attached hydrogen (secondary N) is 2. The SMILES string of the molecule is NS(=O)(=O)c1ccc(NC(=O)c2ccn[nH]2)c(Cl)c1. The Hall–Kier alpha value is -1.90. The minimum absolute atomic E-state index is 0.0689. The Morgan fingerprint density at radius 1 is 1.37 bits per heavy atom. The number of rotatable bonds is 3. The highest BCUT2D eigenvalue weighted by molar-refractivity contribution is 7.89. The highest BCUT2D eigenvalue weighted by Crippen LogP contribution is 2.25. The van der Waals surface area contributed by atoms with Crippen LogP contribution in [0, 0.1) is 0 Å². The van der Waals surface area contributed by atoms with E-state index in [0.29, 0.717) is 0 Å². The van der Waals surface area contributed by atoms with Crippen molar-refractivity contribution in [3.8, 4) is 0 Å². The number of aromatic amines is 1. The molecule has 0 spiro atoms. The molecule has 0 bridgehead atoms. The van der Waals surface area contributed by atoms with Crippen molar-refractivity contribution in [3.05, 3.63) is 41.2 Å². The Bertz CT molecular complexity index is 712. The second-order valence-corrected chi connectivity index (χ2v) is 5.58. The van der Waals surface area contributed by atoms with Crippen molar-refractivity contribution in [1.82, 2.24) is 10.2 Å². The number of halogens is 1. The maximum Gasteiger partial charge on any atom is 0.273 e. The van der Waals surface area contributed by atoms with E-state index >= 15 is 0 Å². The van der Waals surface area contributed by atoms with Gasteiger partial charge in [0.15, 0.2) is 0 Å². The van der Waals surface area contributed by atoms with Gasteiger partial charge in [0.1, 0.15) is 5.69 Å². The quantitative estimate of drug-likeness (QED) is 0.782. The summed E-state index contributed by atoms with van der Waals surface area (Å²) < 4.78 is 22.2. The van der Waals surface area contributed by atoms with Crippen LogP contribution in [-0.2, 0) is 10.0 Å². The largest absolute Gasteiger partial charge is 0.319 e. The molecule has 1 aromatic heterocycles. The predicted octanol–water partition coefficient (Wildman–Crippen LogP) is 0.963. The second-order valence-electron chi connectivity index (χ2n) is 3.61. The molecule has 0 aliphatic rings. The first-order chi connectivity index (χ1) is 8.88. The number of sulfonamides is 1. The second kappa shape index (κ2) is 5.00. The molecular formula is C10H9ClN4O3S. The fraction of sp³-hybridized carbons (Fsp3) is 0. The molecule has 7 nitrogen and oxygen atoms in total. The topological polar surface area (TPSA) is 118 Å². The average Bonchev–Trinajstić information content (AvgIpc) is 2.84. The summed E-state index contributed by atoms with van der Waals surface area (Å²) in [6.45, 7) is 0. The van der Waals surface area contributed by atoms with E-state index in [0.717, 1.165) is 0 Å². The Labute approximate surface area is 113 Å². The average molecular weight is 301 g/mol. The molecule has 0 fully saturated rings. The lowest BCUT2D eigenvalue weighted by Crippen LogP contribution is -2.14. The number of primary sulfonamides is 1. The molecule has 1 heterocycles. The van der Waals surface area contributed by atoms with Crippen molar-refractivity contribution in [1.29, 1.82) is 0 Å². The van der Waals surface area contributed by atoms with Gasteiger partial charge in [0.05, 0.1) is 15.6 Å². The van der Waals surface area contributed by atoms with Crippen LogP contribution in [0.15, 0.2) is 35.4 Å². The van der Waals surface area contributed by atoms with E-state index < -0.39 is 15.9 Å². The van der Waals surface area contributed by atoms with E-state index in [9.17, 15) is 13.2 Å². The summed E-state index contributed by atoms with van der Waals surface area (Å²) in [4.78, 5) is 11.6. The van der Waals surface area contributed by atoms with E-state index in [2.05, 4.69) is 15.5 Å². The Kier molecular flexibility index (Phi) is 3.56. The third-order valence-corrected chi connectivity index (χ3v) is 3.49. The fourth-order valence-corrected chi connectivity index (χ4v) is 2.18. The van der Waals surface area contributed by atoms with Crippen molar-refractivity contribution >= 4 is 33.2 Å². The molecule has 19 heavy (non-hydrogen) atoms. The van der Waals surface area contributed by atoms with Crippen LogP contribution in [-0.4, -0.2) is 24.5 Å². The zero-order valence-corrected chi connectivity index (χ0v) is 11.0. The zero-order chi connectivity index (χ0) is 14.0. The van der Waals surface area contributed by atoms with Gasteiger partial charge in [0.2, 0.25) is 10.0 Å². The third kappa shape index (κ3) is 3.11. The third-order valence-electron chi connectivity index (χ3n) is 2.26. The lowest BCUT2D eigenvalue weighted by atomic mass is 10.3. The minimum atomic E-state index is -3.83. The van der Waals surface area contributed by atoms with Gasteiger partial charge in [-0.3, -0.25) is 9.89 Å².